The summed E-state index contributed by atoms with van der Waals surface area (Å²) in [6, 6.07) is 13.8. The topological polar surface area (TPSA) is 54.3 Å². The van der Waals surface area contributed by atoms with Crippen LogP contribution in [0.2, 0.25) is 0 Å². The number of piperazine rings is 1. The summed E-state index contributed by atoms with van der Waals surface area (Å²) >= 11 is 0. The lowest BCUT2D eigenvalue weighted by Crippen LogP contribution is -2.48. The number of nitrogens with zero attached hydrogens (tertiary/aromatic N) is 5. The molecule has 138 valence electrons. The minimum atomic E-state index is 0.0873. The van der Waals surface area contributed by atoms with E-state index in [1.54, 1.807) is 12.4 Å². The fourth-order valence-electron chi connectivity index (χ4n) is 3.54. The number of hydrogen-bond acceptors (Lipinski definition) is 4. The Morgan fingerprint density at radius 2 is 1.56 bits per heavy atom. The molecule has 0 atom stereocenters. The van der Waals surface area contributed by atoms with Gasteiger partial charge in [0, 0.05) is 55.5 Å². The van der Waals surface area contributed by atoms with Crippen LogP contribution in [0.4, 0.5) is 5.69 Å². The zero-order valence-corrected chi connectivity index (χ0v) is 15.7. The quantitative estimate of drug-likeness (QED) is 0.720. The van der Waals surface area contributed by atoms with Crippen LogP contribution >= 0.6 is 0 Å². The average Bonchev–Trinajstić information content (AvgIpc) is 3.06. The van der Waals surface area contributed by atoms with Gasteiger partial charge in [-0.05, 0) is 56.3 Å². The van der Waals surface area contributed by atoms with Gasteiger partial charge >= 0.3 is 0 Å². The number of rotatable bonds is 3. The average molecular weight is 361 g/mol. The molecule has 1 aliphatic rings. The molecule has 1 aromatic carbocycles. The summed E-state index contributed by atoms with van der Waals surface area (Å²) in [5, 5.41) is 4.49. The van der Waals surface area contributed by atoms with Gasteiger partial charge in [0.15, 0.2) is 0 Å². The van der Waals surface area contributed by atoms with E-state index < -0.39 is 0 Å². The summed E-state index contributed by atoms with van der Waals surface area (Å²) in [5.41, 5.74) is 4.92. The summed E-state index contributed by atoms with van der Waals surface area (Å²) in [7, 11) is 0. The van der Waals surface area contributed by atoms with Crippen molar-refractivity contribution in [1.82, 2.24) is 19.7 Å². The number of carbonyl (C=O) groups is 1. The normalized spacial score (nSPS) is 14.4. The molecule has 0 spiro atoms. The molecular weight excluding hydrogens is 338 g/mol. The maximum Gasteiger partial charge on any atom is 0.253 e. The Balaban J connectivity index is 1.42. The maximum absolute atomic E-state index is 12.8. The highest BCUT2D eigenvalue weighted by Crippen LogP contribution is 2.18. The third-order valence-electron chi connectivity index (χ3n) is 4.96. The summed E-state index contributed by atoms with van der Waals surface area (Å²) < 4.78 is 1.90. The minimum absolute atomic E-state index is 0.0873. The van der Waals surface area contributed by atoms with E-state index in [0.29, 0.717) is 0 Å². The molecule has 0 radical (unpaired) electrons. The lowest BCUT2D eigenvalue weighted by atomic mass is 10.1. The third kappa shape index (κ3) is 3.56. The van der Waals surface area contributed by atoms with Gasteiger partial charge in [0.05, 0.1) is 11.4 Å². The molecule has 1 fully saturated rings. The van der Waals surface area contributed by atoms with Crippen LogP contribution < -0.4 is 4.90 Å². The van der Waals surface area contributed by atoms with Gasteiger partial charge < -0.3 is 9.80 Å². The summed E-state index contributed by atoms with van der Waals surface area (Å²) in [6.45, 7) is 7.12. The van der Waals surface area contributed by atoms with Crippen LogP contribution in [0.5, 0.6) is 0 Å². The number of amides is 1. The number of benzene rings is 1. The van der Waals surface area contributed by atoms with Crippen molar-refractivity contribution < 1.29 is 4.79 Å². The van der Waals surface area contributed by atoms with E-state index in [2.05, 4.69) is 15.0 Å². The van der Waals surface area contributed by atoms with Crippen molar-refractivity contribution in [1.29, 1.82) is 0 Å². The molecule has 0 N–H and O–H groups in total. The molecule has 0 bridgehead atoms. The fourth-order valence-corrected chi connectivity index (χ4v) is 3.54. The molecule has 1 amide bonds. The zero-order chi connectivity index (χ0) is 18.8. The molecule has 1 saturated heterocycles. The second-order valence-electron chi connectivity index (χ2n) is 6.87. The standard InChI is InChI=1S/C21H23N5O/c1-16-15-17(2)26(23-16)20-5-3-18(4-6-20)21(27)25-13-11-24(12-14-25)19-7-9-22-10-8-19/h3-10,15H,11-14H2,1-2H3. The van der Waals surface area contributed by atoms with Crippen LogP contribution in [0.15, 0.2) is 54.9 Å². The SMILES string of the molecule is Cc1cc(C)n(-c2ccc(C(=O)N3CCN(c4ccncc4)CC3)cc2)n1. The van der Waals surface area contributed by atoms with E-state index in [1.807, 2.05) is 65.9 Å². The highest BCUT2D eigenvalue weighted by Gasteiger charge is 2.22. The number of carbonyl (C=O) groups excluding carboxylic acids is 1. The Labute approximate surface area is 159 Å². The Kier molecular flexibility index (Phi) is 4.62. The van der Waals surface area contributed by atoms with Crippen LogP contribution in [0.25, 0.3) is 5.69 Å². The number of aryl methyl sites for hydroxylation is 2. The van der Waals surface area contributed by atoms with Crippen molar-refractivity contribution in [2.45, 2.75) is 13.8 Å². The molecule has 0 unspecified atom stereocenters. The van der Waals surface area contributed by atoms with E-state index >= 15 is 0 Å². The molecular formula is C21H23N5O. The summed E-state index contributed by atoms with van der Waals surface area (Å²) in [5.74, 6) is 0.0873. The van der Waals surface area contributed by atoms with E-state index in [-0.39, 0.29) is 5.91 Å². The summed E-state index contributed by atoms with van der Waals surface area (Å²) in [4.78, 5) is 21.1. The Morgan fingerprint density at radius 1 is 0.889 bits per heavy atom. The number of pyridine rings is 1. The number of aromatic nitrogens is 3. The lowest BCUT2D eigenvalue weighted by Gasteiger charge is -2.36. The molecule has 0 aliphatic carbocycles. The largest absolute Gasteiger partial charge is 0.368 e. The molecule has 2 aromatic heterocycles. The molecule has 4 rings (SSSR count). The molecule has 3 aromatic rings. The van der Waals surface area contributed by atoms with Crippen LogP contribution in [0.1, 0.15) is 21.7 Å². The van der Waals surface area contributed by atoms with Crippen LogP contribution in [0.3, 0.4) is 0 Å². The van der Waals surface area contributed by atoms with Crippen molar-refractivity contribution in [3.05, 3.63) is 71.8 Å². The van der Waals surface area contributed by atoms with E-state index in [1.165, 1.54) is 0 Å². The predicted molar refractivity (Wildman–Crippen MR) is 105 cm³/mol. The molecule has 1 aliphatic heterocycles. The zero-order valence-electron chi connectivity index (χ0n) is 15.7. The van der Waals surface area contributed by atoms with Gasteiger partial charge in [-0.25, -0.2) is 4.68 Å². The minimum Gasteiger partial charge on any atom is -0.368 e. The molecule has 6 heteroatoms. The fraction of sp³-hybridized carbons (Fsp3) is 0.286. The van der Waals surface area contributed by atoms with Gasteiger partial charge in [-0.2, -0.15) is 5.10 Å². The van der Waals surface area contributed by atoms with Gasteiger partial charge in [0.25, 0.3) is 5.91 Å². The van der Waals surface area contributed by atoms with E-state index in [0.717, 1.165) is 54.5 Å². The first kappa shape index (κ1) is 17.3. The van der Waals surface area contributed by atoms with Crippen molar-refractivity contribution in [3.63, 3.8) is 0 Å². The second-order valence-corrected chi connectivity index (χ2v) is 6.87. The third-order valence-corrected chi connectivity index (χ3v) is 4.96. The van der Waals surface area contributed by atoms with Gasteiger partial charge in [-0.15, -0.1) is 0 Å². The van der Waals surface area contributed by atoms with Gasteiger partial charge in [0.2, 0.25) is 0 Å². The number of hydrogen-bond donors (Lipinski definition) is 0. The first-order valence-electron chi connectivity index (χ1n) is 9.20. The van der Waals surface area contributed by atoms with Gasteiger partial charge in [-0.1, -0.05) is 0 Å². The van der Waals surface area contributed by atoms with Crippen molar-refractivity contribution in [2.75, 3.05) is 31.1 Å². The van der Waals surface area contributed by atoms with E-state index in [9.17, 15) is 4.79 Å². The van der Waals surface area contributed by atoms with Crippen LogP contribution in [0, 0.1) is 13.8 Å². The Hall–Kier alpha value is -3.15. The molecule has 27 heavy (non-hydrogen) atoms. The van der Waals surface area contributed by atoms with Gasteiger partial charge in [-0.3, -0.25) is 9.78 Å². The highest BCUT2D eigenvalue weighted by atomic mass is 16.2. The Morgan fingerprint density at radius 3 is 2.15 bits per heavy atom. The Bertz CT molecular complexity index is 925. The summed E-state index contributed by atoms with van der Waals surface area (Å²) in [6.07, 6.45) is 3.61. The van der Waals surface area contributed by atoms with Crippen molar-refractivity contribution in [2.24, 2.45) is 0 Å². The van der Waals surface area contributed by atoms with Crippen LogP contribution in [-0.2, 0) is 0 Å². The maximum atomic E-state index is 12.8. The molecule has 0 saturated carbocycles. The smallest absolute Gasteiger partial charge is 0.253 e. The second kappa shape index (κ2) is 7.23. The predicted octanol–water partition coefficient (Wildman–Crippen LogP) is 2.85. The molecule has 3 heterocycles. The molecule has 6 nitrogen and oxygen atoms in total. The van der Waals surface area contributed by atoms with Crippen LogP contribution in [-0.4, -0.2) is 51.8 Å². The van der Waals surface area contributed by atoms with Crippen molar-refractivity contribution >= 4 is 11.6 Å². The number of anilines is 1. The first-order valence-corrected chi connectivity index (χ1v) is 9.20. The lowest BCUT2D eigenvalue weighted by molar-refractivity contribution is 0.0747. The first-order chi connectivity index (χ1) is 13.1. The van der Waals surface area contributed by atoms with Crippen molar-refractivity contribution in [3.8, 4) is 5.69 Å². The monoisotopic (exact) mass is 361 g/mol. The highest BCUT2D eigenvalue weighted by molar-refractivity contribution is 5.94. The van der Waals surface area contributed by atoms with Gasteiger partial charge in [0.1, 0.15) is 0 Å². The van der Waals surface area contributed by atoms with E-state index in [4.69, 9.17) is 0 Å².